The predicted octanol–water partition coefficient (Wildman–Crippen LogP) is 2.19. The number of furan rings is 1. The van der Waals surface area contributed by atoms with E-state index in [1.807, 2.05) is 28.6 Å². The van der Waals surface area contributed by atoms with Crippen molar-refractivity contribution in [3.8, 4) is 0 Å². The van der Waals surface area contributed by atoms with Crippen molar-refractivity contribution in [2.45, 2.75) is 12.3 Å². The van der Waals surface area contributed by atoms with Crippen LogP contribution in [0.25, 0.3) is 0 Å². The molecule has 2 fully saturated rings. The first-order valence-corrected chi connectivity index (χ1v) is 8.17. The molecule has 6 heteroatoms. The van der Waals surface area contributed by atoms with E-state index in [1.165, 1.54) is 0 Å². The van der Waals surface area contributed by atoms with Gasteiger partial charge in [-0.15, -0.1) is 11.3 Å². The van der Waals surface area contributed by atoms with Crippen molar-refractivity contribution in [2.24, 2.45) is 5.92 Å². The molecule has 4 rings (SSSR count). The fourth-order valence-electron chi connectivity index (χ4n) is 3.01. The number of anilines is 1. The van der Waals surface area contributed by atoms with Gasteiger partial charge in [-0.2, -0.15) is 0 Å². The second-order valence-electron chi connectivity index (χ2n) is 5.59. The standard InChI is InChI=1S/C15H17N3O2S/c19-14(12-10-11(12)13-2-1-8-20-13)17-4-6-18(7-5-17)15-16-3-9-21-15/h1-3,8-9,11-12H,4-7,10H2/t11-,12+/m0/s1. The maximum absolute atomic E-state index is 12.5. The Labute approximate surface area is 127 Å². The van der Waals surface area contributed by atoms with Crippen LogP contribution in [0, 0.1) is 5.92 Å². The minimum atomic E-state index is 0.127. The van der Waals surface area contributed by atoms with Gasteiger partial charge < -0.3 is 14.2 Å². The summed E-state index contributed by atoms with van der Waals surface area (Å²) in [6.07, 6.45) is 4.44. The highest BCUT2D eigenvalue weighted by Gasteiger charge is 2.47. The highest BCUT2D eigenvalue weighted by Crippen LogP contribution is 2.48. The molecule has 2 aromatic heterocycles. The van der Waals surface area contributed by atoms with Crippen LogP contribution >= 0.6 is 11.3 Å². The van der Waals surface area contributed by atoms with Crippen molar-refractivity contribution < 1.29 is 9.21 Å². The molecule has 0 unspecified atom stereocenters. The zero-order chi connectivity index (χ0) is 14.2. The molecular formula is C15H17N3O2S. The van der Waals surface area contributed by atoms with E-state index in [2.05, 4.69) is 9.88 Å². The molecule has 2 atom stereocenters. The van der Waals surface area contributed by atoms with Gasteiger partial charge in [0.25, 0.3) is 0 Å². The summed E-state index contributed by atoms with van der Waals surface area (Å²) < 4.78 is 5.41. The molecule has 1 aliphatic carbocycles. The van der Waals surface area contributed by atoms with Crippen molar-refractivity contribution in [2.75, 3.05) is 31.1 Å². The summed E-state index contributed by atoms with van der Waals surface area (Å²) in [5, 5.41) is 3.05. The summed E-state index contributed by atoms with van der Waals surface area (Å²) in [5.74, 6) is 1.66. The van der Waals surface area contributed by atoms with E-state index in [0.29, 0.717) is 5.92 Å². The maximum atomic E-state index is 12.5. The lowest BCUT2D eigenvalue weighted by atomic mass is 10.2. The summed E-state index contributed by atoms with van der Waals surface area (Å²) in [7, 11) is 0. The fourth-order valence-corrected chi connectivity index (χ4v) is 3.71. The largest absolute Gasteiger partial charge is 0.469 e. The Morgan fingerprint density at radius 1 is 1.33 bits per heavy atom. The van der Waals surface area contributed by atoms with Gasteiger partial charge in [-0.05, 0) is 18.6 Å². The Morgan fingerprint density at radius 3 is 2.86 bits per heavy atom. The highest BCUT2D eigenvalue weighted by molar-refractivity contribution is 7.13. The minimum absolute atomic E-state index is 0.127. The number of nitrogens with zero attached hydrogens (tertiary/aromatic N) is 3. The van der Waals surface area contributed by atoms with Gasteiger partial charge in [0.2, 0.25) is 5.91 Å². The zero-order valence-electron chi connectivity index (χ0n) is 11.6. The number of hydrogen-bond donors (Lipinski definition) is 0. The number of carbonyl (C=O) groups excluding carboxylic acids is 1. The van der Waals surface area contributed by atoms with Gasteiger partial charge in [0.1, 0.15) is 5.76 Å². The molecule has 1 saturated carbocycles. The maximum Gasteiger partial charge on any atom is 0.226 e. The summed E-state index contributed by atoms with van der Waals surface area (Å²) in [4.78, 5) is 21.1. The van der Waals surface area contributed by atoms with Gasteiger partial charge in [0, 0.05) is 49.6 Å². The van der Waals surface area contributed by atoms with Crippen molar-refractivity contribution in [3.05, 3.63) is 35.7 Å². The number of hydrogen-bond acceptors (Lipinski definition) is 5. The molecule has 1 amide bonds. The number of aromatic nitrogens is 1. The smallest absolute Gasteiger partial charge is 0.226 e. The average molecular weight is 303 g/mol. The van der Waals surface area contributed by atoms with Crippen LogP contribution in [0.3, 0.4) is 0 Å². The molecule has 0 N–H and O–H groups in total. The molecule has 3 heterocycles. The number of rotatable bonds is 3. The lowest BCUT2D eigenvalue weighted by Gasteiger charge is -2.34. The first-order chi connectivity index (χ1) is 10.3. The summed E-state index contributed by atoms with van der Waals surface area (Å²) in [6, 6.07) is 3.86. The zero-order valence-corrected chi connectivity index (χ0v) is 12.5. The third-order valence-corrected chi connectivity index (χ3v) is 5.13. The molecule has 110 valence electrons. The van der Waals surface area contributed by atoms with Crippen LogP contribution < -0.4 is 4.90 Å². The number of carbonyl (C=O) groups is 1. The molecule has 21 heavy (non-hydrogen) atoms. The van der Waals surface area contributed by atoms with E-state index in [1.54, 1.807) is 17.6 Å². The van der Waals surface area contributed by atoms with Crippen molar-refractivity contribution in [3.63, 3.8) is 0 Å². The van der Waals surface area contributed by atoms with Crippen LogP contribution in [0.1, 0.15) is 18.1 Å². The molecule has 0 spiro atoms. The van der Waals surface area contributed by atoms with Gasteiger partial charge in [-0.1, -0.05) is 0 Å². The van der Waals surface area contributed by atoms with Gasteiger partial charge in [0.15, 0.2) is 5.13 Å². The van der Waals surface area contributed by atoms with Gasteiger partial charge in [0.05, 0.1) is 6.26 Å². The second kappa shape index (κ2) is 5.18. The topological polar surface area (TPSA) is 49.6 Å². The highest BCUT2D eigenvalue weighted by atomic mass is 32.1. The Bertz CT molecular complexity index is 603. The predicted molar refractivity (Wildman–Crippen MR) is 80.5 cm³/mol. The molecule has 2 aliphatic rings. The molecule has 0 bridgehead atoms. The van der Waals surface area contributed by atoms with Crippen LogP contribution in [0.2, 0.25) is 0 Å². The third kappa shape index (κ3) is 2.44. The second-order valence-corrected chi connectivity index (χ2v) is 6.46. The quantitative estimate of drug-likeness (QED) is 0.872. The number of piperazine rings is 1. The Kier molecular flexibility index (Phi) is 3.18. The lowest BCUT2D eigenvalue weighted by molar-refractivity contribution is -0.133. The first-order valence-electron chi connectivity index (χ1n) is 7.29. The molecule has 1 saturated heterocycles. The molecule has 2 aromatic rings. The van der Waals surface area contributed by atoms with E-state index in [4.69, 9.17) is 4.42 Å². The van der Waals surface area contributed by atoms with E-state index < -0.39 is 0 Å². The molecule has 1 aliphatic heterocycles. The Balaban J connectivity index is 1.33. The van der Waals surface area contributed by atoms with Crippen LogP contribution in [0.4, 0.5) is 5.13 Å². The van der Waals surface area contributed by atoms with Crippen LogP contribution in [0.5, 0.6) is 0 Å². The fraction of sp³-hybridized carbons (Fsp3) is 0.467. The van der Waals surface area contributed by atoms with E-state index in [-0.39, 0.29) is 11.8 Å². The summed E-state index contributed by atoms with van der Waals surface area (Å²) >= 11 is 1.66. The van der Waals surface area contributed by atoms with Crippen molar-refractivity contribution in [1.82, 2.24) is 9.88 Å². The number of thiazole rings is 1. The third-order valence-electron chi connectivity index (χ3n) is 4.30. The van der Waals surface area contributed by atoms with Crippen LogP contribution in [-0.2, 0) is 4.79 Å². The summed E-state index contributed by atoms with van der Waals surface area (Å²) in [5.41, 5.74) is 0. The lowest BCUT2D eigenvalue weighted by Crippen LogP contribution is -2.49. The normalized spacial score (nSPS) is 25.1. The Hall–Kier alpha value is -1.82. The molecular weight excluding hydrogens is 286 g/mol. The Morgan fingerprint density at radius 2 is 2.19 bits per heavy atom. The van der Waals surface area contributed by atoms with E-state index in [0.717, 1.165) is 43.5 Å². The SMILES string of the molecule is O=C([C@@H]1C[C@@H]1c1ccco1)N1CCN(c2nccs2)CC1. The van der Waals surface area contributed by atoms with Crippen LogP contribution in [0.15, 0.2) is 34.4 Å². The summed E-state index contributed by atoms with van der Waals surface area (Å²) in [6.45, 7) is 3.33. The van der Waals surface area contributed by atoms with E-state index in [9.17, 15) is 4.79 Å². The number of amides is 1. The first kappa shape index (κ1) is 12.9. The molecule has 0 aromatic carbocycles. The average Bonchev–Trinajstić information content (AvgIpc) is 2.98. The van der Waals surface area contributed by atoms with E-state index >= 15 is 0 Å². The van der Waals surface area contributed by atoms with Crippen molar-refractivity contribution in [1.29, 1.82) is 0 Å². The minimum Gasteiger partial charge on any atom is -0.469 e. The van der Waals surface area contributed by atoms with Gasteiger partial charge >= 0.3 is 0 Å². The monoisotopic (exact) mass is 303 g/mol. The molecule has 5 nitrogen and oxygen atoms in total. The molecule has 0 radical (unpaired) electrons. The van der Waals surface area contributed by atoms with Gasteiger partial charge in [-0.25, -0.2) is 4.98 Å². The van der Waals surface area contributed by atoms with Gasteiger partial charge in [-0.3, -0.25) is 4.79 Å². The van der Waals surface area contributed by atoms with Crippen molar-refractivity contribution >= 4 is 22.4 Å². The van der Waals surface area contributed by atoms with Crippen LogP contribution in [-0.4, -0.2) is 42.0 Å².